The smallest absolute Gasteiger partial charge is 0.452 e. The second-order valence-corrected chi connectivity index (χ2v) is 4.52. The van der Waals surface area contributed by atoms with Crippen LogP contribution in [0.1, 0.15) is 5.56 Å². The minimum absolute atomic E-state index is 0.206. The third-order valence-electron chi connectivity index (χ3n) is 2.02. The van der Waals surface area contributed by atoms with Gasteiger partial charge in [0.05, 0.1) is 13.7 Å². The molecular formula is C9H13N2O6P. The second-order valence-electron chi connectivity index (χ2n) is 3.28. The first-order chi connectivity index (χ1) is 8.35. The van der Waals surface area contributed by atoms with E-state index in [0.29, 0.717) is 5.56 Å². The van der Waals surface area contributed by atoms with Gasteiger partial charge in [-0.2, -0.15) is 0 Å². The highest BCUT2D eigenvalue weighted by molar-refractivity contribution is 7.46. The first-order valence-corrected chi connectivity index (χ1v) is 6.34. The van der Waals surface area contributed by atoms with E-state index in [-0.39, 0.29) is 12.4 Å². The molecular weight excluding hydrogens is 263 g/mol. The predicted molar refractivity (Wildman–Crippen MR) is 61.9 cm³/mol. The number of carbonyl (C=O) groups is 1. The number of aromatic nitrogens is 1. The summed E-state index contributed by atoms with van der Waals surface area (Å²) in [6.45, 7) is -0.366. The molecule has 0 saturated carbocycles. The summed E-state index contributed by atoms with van der Waals surface area (Å²) in [7, 11) is -1.93. The number of ether oxygens (including phenoxy) is 1. The van der Waals surface area contributed by atoms with Gasteiger partial charge in [0, 0.05) is 18.8 Å². The summed E-state index contributed by atoms with van der Waals surface area (Å²) in [5.74, 6) is 0.206. The molecule has 0 aromatic carbocycles. The van der Waals surface area contributed by atoms with Crippen molar-refractivity contribution < 1.29 is 28.4 Å². The minimum atomic E-state index is -4.57. The maximum absolute atomic E-state index is 11.3. The van der Waals surface area contributed by atoms with Crippen LogP contribution in [0.4, 0.5) is 10.6 Å². The van der Waals surface area contributed by atoms with Crippen molar-refractivity contribution in [3.8, 4) is 0 Å². The Morgan fingerprint density at radius 1 is 1.56 bits per heavy atom. The highest BCUT2D eigenvalue weighted by Gasteiger charge is 2.19. The van der Waals surface area contributed by atoms with E-state index in [4.69, 9.17) is 9.79 Å². The molecule has 0 spiro atoms. The Morgan fingerprint density at radius 3 is 2.78 bits per heavy atom. The Bertz CT molecular complexity index is 474. The number of hydrogen-bond donors (Lipinski definition) is 2. The van der Waals surface area contributed by atoms with Crippen LogP contribution in [0.2, 0.25) is 0 Å². The minimum Gasteiger partial charge on any atom is -0.452 e. The first-order valence-electron chi connectivity index (χ1n) is 4.81. The highest BCUT2D eigenvalue weighted by atomic mass is 31.2. The van der Waals surface area contributed by atoms with Crippen LogP contribution in [-0.2, 0) is 20.4 Å². The fourth-order valence-corrected chi connectivity index (χ4v) is 1.53. The summed E-state index contributed by atoms with van der Waals surface area (Å²) < 4.78 is 19.5. The summed E-state index contributed by atoms with van der Waals surface area (Å²) in [6, 6.07) is 3.10. The number of amides is 1. The molecule has 1 amide bonds. The highest BCUT2D eigenvalue weighted by Crippen LogP contribution is 2.37. The Kier molecular flexibility index (Phi) is 4.80. The maximum atomic E-state index is 11.3. The second kappa shape index (κ2) is 5.92. The van der Waals surface area contributed by atoms with Gasteiger partial charge < -0.3 is 14.5 Å². The maximum Gasteiger partial charge on any atom is 0.469 e. The fourth-order valence-electron chi connectivity index (χ4n) is 1.22. The molecule has 0 saturated heterocycles. The molecule has 0 bridgehead atoms. The zero-order valence-corrected chi connectivity index (χ0v) is 10.7. The van der Waals surface area contributed by atoms with Crippen LogP contribution in [0, 0.1) is 0 Å². The van der Waals surface area contributed by atoms with Crippen LogP contribution >= 0.6 is 7.82 Å². The average Bonchev–Trinajstić information content (AvgIpc) is 2.34. The lowest BCUT2D eigenvalue weighted by atomic mass is 10.2. The van der Waals surface area contributed by atoms with E-state index >= 15 is 0 Å². The molecule has 1 aromatic rings. The predicted octanol–water partition coefficient (Wildman–Crippen LogP) is 0.893. The van der Waals surface area contributed by atoms with Gasteiger partial charge in [-0.3, -0.25) is 9.42 Å². The van der Waals surface area contributed by atoms with Crippen LogP contribution in [0.5, 0.6) is 0 Å². The van der Waals surface area contributed by atoms with E-state index in [1.807, 2.05) is 0 Å². The molecule has 2 N–H and O–H groups in total. The Labute approximate surface area is 103 Å². The van der Waals surface area contributed by atoms with Crippen LogP contribution in [0.3, 0.4) is 0 Å². The van der Waals surface area contributed by atoms with Gasteiger partial charge in [-0.15, -0.1) is 0 Å². The normalized spacial score (nSPS) is 11.1. The van der Waals surface area contributed by atoms with E-state index < -0.39 is 13.9 Å². The van der Waals surface area contributed by atoms with Gasteiger partial charge in [-0.05, 0) is 6.07 Å². The van der Waals surface area contributed by atoms with E-state index in [2.05, 4.69) is 14.2 Å². The monoisotopic (exact) mass is 276 g/mol. The van der Waals surface area contributed by atoms with Crippen molar-refractivity contribution in [3.63, 3.8) is 0 Å². The van der Waals surface area contributed by atoms with Crippen molar-refractivity contribution >= 4 is 19.7 Å². The summed E-state index contributed by atoms with van der Waals surface area (Å²) >= 11 is 0. The Morgan fingerprint density at radius 2 is 2.22 bits per heavy atom. The van der Waals surface area contributed by atoms with Gasteiger partial charge in [-0.1, -0.05) is 6.07 Å². The van der Waals surface area contributed by atoms with E-state index in [1.54, 1.807) is 6.07 Å². The zero-order chi connectivity index (χ0) is 13.8. The number of methoxy groups -OCH3 is 1. The van der Waals surface area contributed by atoms with Gasteiger partial charge in [-0.25, -0.2) is 14.3 Å². The van der Waals surface area contributed by atoms with Gasteiger partial charge >= 0.3 is 13.9 Å². The van der Waals surface area contributed by atoms with Crippen LogP contribution in [0.15, 0.2) is 18.3 Å². The molecule has 1 rings (SSSR count). The quantitative estimate of drug-likeness (QED) is 0.786. The largest absolute Gasteiger partial charge is 0.469 e. The van der Waals surface area contributed by atoms with E-state index in [1.165, 1.54) is 26.4 Å². The Balaban J connectivity index is 2.92. The number of nitrogens with zero attached hydrogens (tertiary/aromatic N) is 2. The molecule has 0 radical (unpaired) electrons. The number of phosphoric acid groups is 1. The van der Waals surface area contributed by atoms with Gasteiger partial charge in [0.15, 0.2) is 0 Å². The van der Waals surface area contributed by atoms with Crippen molar-refractivity contribution in [2.75, 3.05) is 19.1 Å². The number of phosphoric ester groups is 1. The topological polar surface area (TPSA) is 109 Å². The van der Waals surface area contributed by atoms with Crippen LogP contribution in [-0.4, -0.2) is 35.0 Å². The molecule has 0 aliphatic heterocycles. The molecule has 0 unspecified atom stereocenters. The molecule has 9 heteroatoms. The molecule has 0 atom stereocenters. The summed E-state index contributed by atoms with van der Waals surface area (Å²) in [6.07, 6.45) is 0.793. The Hall–Kier alpha value is -1.47. The van der Waals surface area contributed by atoms with Crippen molar-refractivity contribution in [1.29, 1.82) is 0 Å². The van der Waals surface area contributed by atoms with Crippen molar-refractivity contribution in [2.24, 2.45) is 0 Å². The van der Waals surface area contributed by atoms with E-state index in [0.717, 1.165) is 4.90 Å². The van der Waals surface area contributed by atoms with Gasteiger partial charge in [0.2, 0.25) is 0 Å². The third kappa shape index (κ3) is 4.08. The van der Waals surface area contributed by atoms with Crippen molar-refractivity contribution in [2.45, 2.75) is 6.61 Å². The molecule has 0 aliphatic rings. The molecule has 1 heterocycles. The van der Waals surface area contributed by atoms with Crippen LogP contribution < -0.4 is 4.90 Å². The van der Waals surface area contributed by atoms with Crippen molar-refractivity contribution in [3.05, 3.63) is 23.9 Å². The lowest BCUT2D eigenvalue weighted by molar-refractivity contribution is 0.179. The molecule has 18 heavy (non-hydrogen) atoms. The SMILES string of the molecule is COC(=O)N(C)c1ncccc1COP(=O)(O)O. The number of anilines is 1. The summed E-state index contributed by atoms with van der Waals surface area (Å²) in [5, 5.41) is 0. The number of rotatable bonds is 4. The zero-order valence-electron chi connectivity index (χ0n) is 9.81. The summed E-state index contributed by atoms with van der Waals surface area (Å²) in [5.41, 5.74) is 0.355. The fraction of sp³-hybridized carbons (Fsp3) is 0.333. The molecule has 0 aliphatic carbocycles. The van der Waals surface area contributed by atoms with Crippen LogP contribution in [0.25, 0.3) is 0 Å². The van der Waals surface area contributed by atoms with Gasteiger partial charge in [0.25, 0.3) is 0 Å². The number of hydrogen-bond acceptors (Lipinski definition) is 5. The number of carbonyl (C=O) groups excluding carboxylic acids is 1. The van der Waals surface area contributed by atoms with E-state index in [9.17, 15) is 9.36 Å². The molecule has 0 fully saturated rings. The molecule has 100 valence electrons. The lowest BCUT2D eigenvalue weighted by Crippen LogP contribution is -2.27. The lowest BCUT2D eigenvalue weighted by Gasteiger charge is -2.17. The van der Waals surface area contributed by atoms with Gasteiger partial charge in [0.1, 0.15) is 5.82 Å². The number of pyridine rings is 1. The average molecular weight is 276 g/mol. The molecule has 1 aromatic heterocycles. The van der Waals surface area contributed by atoms with Crippen molar-refractivity contribution in [1.82, 2.24) is 4.98 Å². The molecule has 8 nitrogen and oxygen atoms in total. The standard InChI is InChI=1S/C9H13N2O6P/c1-11(9(12)16-2)8-7(4-3-5-10-8)6-17-18(13,14)15/h3-5H,6H2,1-2H3,(H2,13,14,15). The first kappa shape index (κ1) is 14.6. The third-order valence-corrected chi connectivity index (χ3v) is 2.49. The summed E-state index contributed by atoms with van der Waals surface area (Å²) in [4.78, 5) is 33.6.